The average molecular weight is 765 g/mol. The molecule has 0 aliphatic carbocycles. The minimum absolute atomic E-state index is 0.0408. The highest BCUT2D eigenvalue weighted by atomic mass is 35.5. The Balaban J connectivity index is 1.54. The van der Waals surface area contributed by atoms with Crippen LogP contribution in [0, 0.1) is 6.92 Å². The number of carbonyl (C=O) groups excluding carboxylic acids is 3. The number of rotatable bonds is 17. The lowest BCUT2D eigenvalue weighted by atomic mass is 9.95. The number of hydrogen-bond donors (Lipinski definition) is 5. The van der Waals surface area contributed by atoms with Gasteiger partial charge < -0.3 is 34.5 Å². The SMILES string of the molecule is COC(=O)[C@@H](CO)NCc1ccc(/C(F)=C/c2cccc(-c3cccc(NC(=O)c4cc(OC)c(CN[C@H](CO)C(=O)OC)cn4)c3Cl)c2C)cc1OC. The van der Waals surface area contributed by atoms with Gasteiger partial charge in [0.1, 0.15) is 35.1 Å². The van der Waals surface area contributed by atoms with Crippen LogP contribution >= 0.6 is 11.6 Å². The van der Waals surface area contributed by atoms with Crippen molar-refractivity contribution in [2.75, 3.05) is 47.0 Å². The zero-order valence-corrected chi connectivity index (χ0v) is 31.1. The molecule has 0 aliphatic heterocycles. The summed E-state index contributed by atoms with van der Waals surface area (Å²) in [5.41, 5.74) is 4.44. The summed E-state index contributed by atoms with van der Waals surface area (Å²) in [5, 5.41) is 27.8. The normalized spacial score (nSPS) is 12.4. The number of carbonyl (C=O) groups is 3. The van der Waals surface area contributed by atoms with Crippen LogP contribution in [-0.2, 0) is 32.2 Å². The van der Waals surface area contributed by atoms with Crippen molar-refractivity contribution < 1.29 is 47.9 Å². The third kappa shape index (κ3) is 9.98. The molecule has 0 spiro atoms. The maximum absolute atomic E-state index is 15.7. The molecule has 1 aromatic heterocycles. The van der Waals surface area contributed by atoms with Gasteiger partial charge in [0.15, 0.2) is 0 Å². The number of amides is 1. The molecule has 286 valence electrons. The van der Waals surface area contributed by atoms with Crippen LogP contribution in [0.4, 0.5) is 10.1 Å². The Morgan fingerprint density at radius 1 is 0.833 bits per heavy atom. The Labute approximate surface area is 317 Å². The van der Waals surface area contributed by atoms with E-state index in [0.717, 1.165) is 5.56 Å². The third-order valence-corrected chi connectivity index (χ3v) is 8.98. The maximum atomic E-state index is 15.7. The van der Waals surface area contributed by atoms with Crippen molar-refractivity contribution in [2.45, 2.75) is 32.1 Å². The van der Waals surface area contributed by atoms with E-state index in [-0.39, 0.29) is 29.4 Å². The van der Waals surface area contributed by atoms with Gasteiger partial charge in [-0.25, -0.2) is 4.39 Å². The minimum Gasteiger partial charge on any atom is -0.496 e. The fourth-order valence-corrected chi connectivity index (χ4v) is 5.77. The number of ether oxygens (including phenoxy) is 4. The first-order chi connectivity index (χ1) is 26.0. The molecule has 15 heteroatoms. The molecule has 0 saturated carbocycles. The van der Waals surface area contributed by atoms with Crippen molar-refractivity contribution in [3.05, 3.63) is 105 Å². The molecule has 2 atom stereocenters. The van der Waals surface area contributed by atoms with Gasteiger partial charge in [-0.2, -0.15) is 0 Å². The molecule has 0 saturated heterocycles. The molecule has 0 aliphatic rings. The number of nitrogens with zero attached hydrogens (tertiary/aromatic N) is 1. The summed E-state index contributed by atoms with van der Waals surface area (Å²) < 4.78 is 36.0. The van der Waals surface area contributed by atoms with E-state index in [1.165, 1.54) is 46.8 Å². The molecule has 4 aromatic rings. The van der Waals surface area contributed by atoms with Crippen molar-refractivity contribution in [1.82, 2.24) is 15.6 Å². The molecule has 3 aromatic carbocycles. The first-order valence-corrected chi connectivity index (χ1v) is 17.0. The smallest absolute Gasteiger partial charge is 0.325 e. The van der Waals surface area contributed by atoms with Crippen molar-refractivity contribution in [2.24, 2.45) is 0 Å². The molecule has 0 bridgehead atoms. The highest BCUT2D eigenvalue weighted by Gasteiger charge is 2.21. The second-order valence-electron chi connectivity index (χ2n) is 11.8. The molecule has 13 nitrogen and oxygen atoms in total. The van der Waals surface area contributed by atoms with Crippen LogP contribution in [0.5, 0.6) is 11.5 Å². The van der Waals surface area contributed by atoms with Gasteiger partial charge in [-0.15, -0.1) is 0 Å². The predicted octanol–water partition coefficient (Wildman–Crippen LogP) is 4.69. The van der Waals surface area contributed by atoms with Crippen molar-refractivity contribution in [3.63, 3.8) is 0 Å². The Hall–Kier alpha value is -5.38. The van der Waals surface area contributed by atoms with E-state index in [1.807, 2.05) is 13.0 Å². The molecule has 1 heterocycles. The molecule has 0 unspecified atom stereocenters. The summed E-state index contributed by atoms with van der Waals surface area (Å²) in [4.78, 5) is 41.2. The molecule has 5 N–H and O–H groups in total. The van der Waals surface area contributed by atoms with Crippen molar-refractivity contribution in [3.8, 4) is 22.6 Å². The summed E-state index contributed by atoms with van der Waals surface area (Å²) in [6, 6.07) is 14.9. The van der Waals surface area contributed by atoms with E-state index >= 15 is 4.39 Å². The fraction of sp³-hybridized carbons (Fsp3) is 0.282. The van der Waals surface area contributed by atoms with Gasteiger partial charge in [0.25, 0.3) is 5.91 Å². The topological polar surface area (TPSA) is 178 Å². The zero-order chi connectivity index (χ0) is 39.4. The Morgan fingerprint density at radius 3 is 2.04 bits per heavy atom. The molecule has 1 amide bonds. The third-order valence-electron chi connectivity index (χ3n) is 8.57. The van der Waals surface area contributed by atoms with Gasteiger partial charge in [-0.1, -0.05) is 54.1 Å². The number of anilines is 1. The number of hydrogen-bond acceptors (Lipinski definition) is 12. The number of pyridine rings is 1. The van der Waals surface area contributed by atoms with E-state index in [0.29, 0.717) is 45.0 Å². The number of halogens is 2. The molecule has 54 heavy (non-hydrogen) atoms. The van der Waals surface area contributed by atoms with Gasteiger partial charge in [0.2, 0.25) is 0 Å². The standard InChI is InChI=1S/C39H42ClFN4O9/c1-22-23(14-29(41)24-12-13-25(34(15-24)51-2)17-43-32(20-46)38(49)53-4)8-6-9-27(22)28-10-7-11-30(36(28)40)45-37(48)31-16-35(52-3)26(18-42-31)19-44-33(21-47)39(50)54-5/h6-16,18,32-33,43-44,46-47H,17,19-21H2,1-5H3,(H,45,48)/b29-14-/t32-,33-/m1/s1. The molecular formula is C39H42ClFN4O9. The van der Waals surface area contributed by atoms with E-state index in [4.69, 9.17) is 21.1 Å². The van der Waals surface area contributed by atoms with E-state index < -0.39 is 49.0 Å². The number of aromatic nitrogens is 1. The number of aliphatic hydroxyl groups excluding tert-OH is 2. The van der Waals surface area contributed by atoms with E-state index in [1.54, 1.807) is 48.5 Å². The Morgan fingerprint density at radius 2 is 1.43 bits per heavy atom. The van der Waals surface area contributed by atoms with Crippen LogP contribution in [0.2, 0.25) is 5.02 Å². The number of esters is 2. The van der Waals surface area contributed by atoms with Crippen LogP contribution in [0.25, 0.3) is 23.0 Å². The van der Waals surface area contributed by atoms with Crippen LogP contribution in [0.1, 0.15) is 38.3 Å². The van der Waals surface area contributed by atoms with Crippen molar-refractivity contribution in [1.29, 1.82) is 0 Å². The number of aliphatic hydroxyl groups is 2. The summed E-state index contributed by atoms with van der Waals surface area (Å²) in [6.07, 6.45) is 2.83. The highest BCUT2D eigenvalue weighted by molar-refractivity contribution is 6.36. The minimum atomic E-state index is -0.948. The van der Waals surface area contributed by atoms with Gasteiger partial charge >= 0.3 is 11.9 Å². The lowest BCUT2D eigenvalue weighted by molar-refractivity contribution is -0.145. The van der Waals surface area contributed by atoms with Gasteiger partial charge in [-0.05, 0) is 41.8 Å². The maximum Gasteiger partial charge on any atom is 0.325 e. The van der Waals surface area contributed by atoms with Gasteiger partial charge in [-0.3, -0.25) is 30.0 Å². The Kier molecular flexibility index (Phi) is 15.0. The summed E-state index contributed by atoms with van der Waals surface area (Å²) in [7, 11) is 5.33. The zero-order valence-electron chi connectivity index (χ0n) is 30.4. The van der Waals surface area contributed by atoms with Gasteiger partial charge in [0.05, 0.1) is 52.4 Å². The first-order valence-electron chi connectivity index (χ1n) is 16.6. The molecule has 4 rings (SSSR count). The summed E-state index contributed by atoms with van der Waals surface area (Å²) >= 11 is 6.86. The number of benzene rings is 3. The second kappa shape index (κ2) is 19.6. The van der Waals surface area contributed by atoms with Crippen molar-refractivity contribution >= 4 is 47.0 Å². The van der Waals surface area contributed by atoms with Crippen LogP contribution in [-0.4, -0.2) is 86.8 Å². The van der Waals surface area contributed by atoms with Gasteiger partial charge in [0, 0.05) is 47.6 Å². The average Bonchev–Trinajstić information content (AvgIpc) is 3.19. The second-order valence-corrected chi connectivity index (χ2v) is 12.2. The molecule has 0 radical (unpaired) electrons. The Bertz CT molecular complexity index is 2010. The lowest BCUT2D eigenvalue weighted by Crippen LogP contribution is -2.40. The quantitative estimate of drug-likeness (QED) is 0.0742. The largest absolute Gasteiger partial charge is 0.496 e. The fourth-order valence-electron chi connectivity index (χ4n) is 5.49. The number of nitrogens with one attached hydrogen (secondary N) is 3. The lowest BCUT2D eigenvalue weighted by Gasteiger charge is -2.16. The van der Waals surface area contributed by atoms with E-state index in [9.17, 15) is 24.6 Å². The molecule has 0 fully saturated rings. The summed E-state index contributed by atoms with van der Waals surface area (Å²) in [6.45, 7) is 1.18. The predicted molar refractivity (Wildman–Crippen MR) is 202 cm³/mol. The summed E-state index contributed by atoms with van der Waals surface area (Å²) in [5.74, 6) is -1.61. The molecular weight excluding hydrogens is 723 g/mol. The monoisotopic (exact) mass is 764 g/mol. The number of methoxy groups -OCH3 is 4. The van der Waals surface area contributed by atoms with E-state index in [2.05, 4.69) is 30.4 Å². The van der Waals surface area contributed by atoms with Crippen LogP contribution in [0.3, 0.4) is 0 Å². The highest BCUT2D eigenvalue weighted by Crippen LogP contribution is 2.37. The first kappa shape index (κ1) is 41.4. The van der Waals surface area contributed by atoms with Crippen LogP contribution in [0.15, 0.2) is 66.9 Å². The van der Waals surface area contributed by atoms with Crippen LogP contribution < -0.4 is 25.4 Å².